The third-order valence-corrected chi connectivity index (χ3v) is 6.43. The monoisotopic (exact) mass is 461 g/mol. The molecule has 0 aliphatic heterocycles. The number of nitrogens with one attached hydrogen (secondary N) is 2. The molecule has 0 saturated heterocycles. The summed E-state index contributed by atoms with van der Waals surface area (Å²) >= 11 is 0. The molecule has 1 aromatic carbocycles. The van der Waals surface area contributed by atoms with Crippen LogP contribution in [0.1, 0.15) is 89.0 Å². The summed E-state index contributed by atoms with van der Waals surface area (Å²) < 4.78 is 4.98. The van der Waals surface area contributed by atoms with E-state index in [0.717, 1.165) is 24.1 Å². The SMILES string of the molecule is C1CCC(NC2CCCCC2)CC1.NCCCC[C@H](NC(=O)OCc1ccccc1)C(=O)O. The van der Waals surface area contributed by atoms with Crippen molar-refractivity contribution >= 4 is 12.1 Å². The van der Waals surface area contributed by atoms with Crippen LogP contribution < -0.4 is 16.4 Å². The summed E-state index contributed by atoms with van der Waals surface area (Å²) in [6.45, 7) is 0.618. The molecule has 0 bridgehead atoms. The van der Waals surface area contributed by atoms with Gasteiger partial charge in [-0.15, -0.1) is 0 Å². The molecule has 1 atom stereocenters. The van der Waals surface area contributed by atoms with Crippen LogP contribution in [-0.4, -0.2) is 41.8 Å². The summed E-state index contributed by atoms with van der Waals surface area (Å²) in [4.78, 5) is 22.5. The molecule has 0 heterocycles. The van der Waals surface area contributed by atoms with E-state index in [2.05, 4.69) is 10.6 Å². The van der Waals surface area contributed by atoms with Gasteiger partial charge in [-0.05, 0) is 57.1 Å². The number of ether oxygens (including phenoxy) is 1. The highest BCUT2D eigenvalue weighted by Crippen LogP contribution is 2.22. The van der Waals surface area contributed by atoms with Gasteiger partial charge in [-0.25, -0.2) is 9.59 Å². The van der Waals surface area contributed by atoms with Gasteiger partial charge in [0.25, 0.3) is 0 Å². The second-order valence-corrected chi connectivity index (χ2v) is 9.22. The molecule has 0 unspecified atom stereocenters. The van der Waals surface area contributed by atoms with E-state index in [1.54, 1.807) is 0 Å². The number of benzene rings is 1. The van der Waals surface area contributed by atoms with Gasteiger partial charge in [-0.2, -0.15) is 0 Å². The van der Waals surface area contributed by atoms with Crippen molar-refractivity contribution in [2.24, 2.45) is 5.73 Å². The first kappa shape index (κ1) is 27.1. The summed E-state index contributed by atoms with van der Waals surface area (Å²) in [5.41, 5.74) is 6.19. The molecule has 0 spiro atoms. The van der Waals surface area contributed by atoms with Gasteiger partial charge >= 0.3 is 12.1 Å². The number of hydrogen-bond donors (Lipinski definition) is 4. The number of alkyl carbamates (subject to hydrolysis) is 1. The fourth-order valence-electron chi connectivity index (χ4n) is 4.53. The summed E-state index contributed by atoms with van der Waals surface area (Å²) in [6.07, 6.45) is 15.5. The zero-order chi connectivity index (χ0) is 23.7. The van der Waals surface area contributed by atoms with Gasteiger partial charge in [0.15, 0.2) is 0 Å². The molecular weight excluding hydrogens is 418 g/mol. The Kier molecular flexibility index (Phi) is 13.6. The van der Waals surface area contributed by atoms with E-state index in [4.69, 9.17) is 15.6 Å². The lowest BCUT2D eigenvalue weighted by Crippen LogP contribution is -2.41. The molecule has 186 valence electrons. The van der Waals surface area contributed by atoms with Crippen molar-refractivity contribution < 1.29 is 19.4 Å². The summed E-state index contributed by atoms with van der Waals surface area (Å²) in [5, 5.41) is 15.2. The first-order valence-electron chi connectivity index (χ1n) is 12.7. The molecule has 1 aromatic rings. The minimum atomic E-state index is -1.07. The van der Waals surface area contributed by atoms with Crippen LogP contribution in [0.15, 0.2) is 30.3 Å². The van der Waals surface area contributed by atoms with Crippen molar-refractivity contribution in [3.8, 4) is 0 Å². The van der Waals surface area contributed by atoms with Crippen LogP contribution in [0, 0.1) is 0 Å². The largest absolute Gasteiger partial charge is 0.480 e. The van der Waals surface area contributed by atoms with Crippen LogP contribution in [0.25, 0.3) is 0 Å². The van der Waals surface area contributed by atoms with E-state index in [1.807, 2.05) is 30.3 Å². The zero-order valence-electron chi connectivity index (χ0n) is 20.0. The molecule has 3 rings (SSSR count). The first-order valence-corrected chi connectivity index (χ1v) is 12.7. The smallest absolute Gasteiger partial charge is 0.408 e. The van der Waals surface area contributed by atoms with Gasteiger partial charge < -0.3 is 26.2 Å². The lowest BCUT2D eigenvalue weighted by Gasteiger charge is -2.30. The maximum Gasteiger partial charge on any atom is 0.408 e. The van der Waals surface area contributed by atoms with E-state index >= 15 is 0 Å². The Labute approximate surface area is 198 Å². The number of carbonyl (C=O) groups is 2. The zero-order valence-corrected chi connectivity index (χ0v) is 20.0. The van der Waals surface area contributed by atoms with Crippen LogP contribution in [-0.2, 0) is 16.1 Å². The van der Waals surface area contributed by atoms with E-state index in [9.17, 15) is 9.59 Å². The molecule has 0 aromatic heterocycles. The highest BCUT2D eigenvalue weighted by molar-refractivity contribution is 5.79. The molecule has 2 aliphatic rings. The number of carboxylic acids is 1. The number of carbonyl (C=O) groups excluding carboxylic acids is 1. The van der Waals surface area contributed by atoms with E-state index in [-0.39, 0.29) is 6.61 Å². The number of carboxylic acid groups (broad SMARTS) is 1. The summed E-state index contributed by atoms with van der Waals surface area (Å²) in [5.74, 6) is -1.07. The number of hydrogen-bond acceptors (Lipinski definition) is 5. The maximum absolute atomic E-state index is 11.5. The van der Waals surface area contributed by atoms with Crippen molar-refractivity contribution in [3.05, 3.63) is 35.9 Å². The van der Waals surface area contributed by atoms with E-state index < -0.39 is 18.1 Å². The fourth-order valence-corrected chi connectivity index (χ4v) is 4.53. The normalized spacial score (nSPS) is 18.0. The van der Waals surface area contributed by atoms with E-state index in [1.165, 1.54) is 64.2 Å². The molecule has 1 amide bonds. The minimum Gasteiger partial charge on any atom is -0.480 e. The minimum absolute atomic E-state index is 0.113. The summed E-state index contributed by atoms with van der Waals surface area (Å²) in [6, 6.07) is 9.99. The van der Waals surface area contributed by atoms with Gasteiger partial charge in [0.2, 0.25) is 0 Å². The molecule has 5 N–H and O–H groups in total. The van der Waals surface area contributed by atoms with Crippen LogP contribution in [0.2, 0.25) is 0 Å². The first-order chi connectivity index (χ1) is 16.1. The predicted molar refractivity (Wildman–Crippen MR) is 131 cm³/mol. The van der Waals surface area contributed by atoms with Gasteiger partial charge in [0.05, 0.1) is 0 Å². The van der Waals surface area contributed by atoms with E-state index in [0.29, 0.717) is 19.4 Å². The molecule has 0 radical (unpaired) electrons. The molecule has 33 heavy (non-hydrogen) atoms. The van der Waals surface area contributed by atoms with Crippen molar-refractivity contribution in [2.75, 3.05) is 6.54 Å². The molecule has 2 fully saturated rings. The Hall–Kier alpha value is -2.12. The van der Waals surface area contributed by atoms with Crippen molar-refractivity contribution in [3.63, 3.8) is 0 Å². The molecule has 7 heteroatoms. The highest BCUT2D eigenvalue weighted by atomic mass is 16.5. The van der Waals surface area contributed by atoms with Crippen LogP contribution in [0.3, 0.4) is 0 Å². The maximum atomic E-state index is 11.5. The van der Waals surface area contributed by atoms with Crippen LogP contribution in [0.4, 0.5) is 4.79 Å². The van der Waals surface area contributed by atoms with Gasteiger partial charge in [0, 0.05) is 12.1 Å². The molecule has 2 aliphatic carbocycles. The van der Waals surface area contributed by atoms with Crippen molar-refractivity contribution in [1.82, 2.24) is 10.6 Å². The van der Waals surface area contributed by atoms with Crippen LogP contribution >= 0.6 is 0 Å². The molecule has 7 nitrogen and oxygen atoms in total. The van der Waals surface area contributed by atoms with Crippen molar-refractivity contribution in [2.45, 2.75) is 108 Å². The van der Waals surface area contributed by atoms with Gasteiger partial charge in [-0.3, -0.25) is 0 Å². The number of amides is 1. The predicted octanol–water partition coefficient (Wildman–Crippen LogP) is 4.74. The lowest BCUT2D eigenvalue weighted by atomic mass is 9.91. The molecular formula is C26H43N3O4. The third-order valence-electron chi connectivity index (χ3n) is 6.43. The Balaban J connectivity index is 0.000000254. The average molecular weight is 462 g/mol. The van der Waals surface area contributed by atoms with Gasteiger partial charge in [-0.1, -0.05) is 68.9 Å². The fraction of sp³-hybridized carbons (Fsp3) is 0.692. The standard InChI is InChI=1S/C14H20N2O4.C12H23N/c15-9-5-4-8-12(13(17)18)16-14(19)20-10-11-6-2-1-3-7-11;1-3-7-11(8-4-1)13-12-9-5-2-6-10-12/h1-3,6-7,12H,4-5,8-10,15H2,(H,16,19)(H,17,18);11-13H,1-10H2/t12-;/m0./s1. The number of aliphatic carboxylic acids is 1. The van der Waals surface area contributed by atoms with Crippen molar-refractivity contribution in [1.29, 1.82) is 0 Å². The number of rotatable bonds is 10. The highest BCUT2D eigenvalue weighted by Gasteiger charge is 2.20. The molecule has 2 saturated carbocycles. The lowest BCUT2D eigenvalue weighted by molar-refractivity contribution is -0.139. The van der Waals surface area contributed by atoms with Crippen LogP contribution in [0.5, 0.6) is 0 Å². The van der Waals surface area contributed by atoms with Gasteiger partial charge in [0.1, 0.15) is 12.6 Å². The summed E-state index contributed by atoms with van der Waals surface area (Å²) in [7, 11) is 0. The Morgan fingerprint density at radius 1 is 0.939 bits per heavy atom. The number of unbranched alkanes of at least 4 members (excludes halogenated alkanes) is 1. The third kappa shape index (κ3) is 12.1. The Morgan fingerprint density at radius 3 is 2.03 bits per heavy atom. The second-order valence-electron chi connectivity index (χ2n) is 9.22. The quantitative estimate of drug-likeness (QED) is 0.374. The Morgan fingerprint density at radius 2 is 1.52 bits per heavy atom. The second kappa shape index (κ2) is 16.5. The average Bonchev–Trinajstić information content (AvgIpc) is 2.84. The Bertz CT molecular complexity index is 643. The number of nitrogens with two attached hydrogens (primary N) is 1. The topological polar surface area (TPSA) is 114 Å².